The molecule has 0 amide bonds. The molecule has 19 heavy (non-hydrogen) atoms. The minimum Gasteiger partial charge on any atom is -0.305 e. The number of carbonyl (C=O) groups is 1. The fourth-order valence-corrected chi connectivity index (χ4v) is 2.45. The Morgan fingerprint density at radius 1 is 1.11 bits per heavy atom. The lowest BCUT2D eigenvalue weighted by Gasteiger charge is -2.35. The first-order valence-electron chi connectivity index (χ1n) is 7.05. The molecule has 1 rings (SSSR count). The molecule has 2 heteroatoms. The van der Waals surface area contributed by atoms with Crippen molar-refractivity contribution in [3.05, 3.63) is 23.3 Å². The quantitative estimate of drug-likeness (QED) is 0.757. The molecule has 0 aromatic heterocycles. The van der Waals surface area contributed by atoms with Gasteiger partial charge in [0.05, 0.1) is 0 Å². The Labute approximate surface area is 118 Å². The number of hydrogen-bond donors (Lipinski definition) is 0. The first kappa shape index (κ1) is 16.2. The summed E-state index contributed by atoms with van der Waals surface area (Å²) in [6.45, 7) is 13.7. The molecule has 0 N–H and O–H groups in total. The van der Waals surface area contributed by atoms with Gasteiger partial charge in [-0.05, 0) is 30.5 Å². The Balaban J connectivity index is 3.23. The second kappa shape index (κ2) is 5.24. The Kier molecular flexibility index (Phi) is 4.46. The third kappa shape index (κ3) is 4.04. The predicted molar refractivity (Wildman–Crippen MR) is 82.1 cm³/mol. The van der Waals surface area contributed by atoms with E-state index in [4.69, 9.17) is 0 Å². The number of allylic oxidation sites excluding steroid dienone is 2. The van der Waals surface area contributed by atoms with Crippen molar-refractivity contribution in [1.82, 2.24) is 4.90 Å². The maximum atomic E-state index is 12.7. The highest BCUT2D eigenvalue weighted by Gasteiger charge is 2.37. The van der Waals surface area contributed by atoms with Crippen LogP contribution >= 0.6 is 0 Å². The Bertz CT molecular complexity index is 414. The summed E-state index contributed by atoms with van der Waals surface area (Å²) in [6, 6.07) is 0. The molecule has 108 valence electrons. The Morgan fingerprint density at radius 3 is 2.00 bits per heavy atom. The monoisotopic (exact) mass is 263 g/mol. The first-order chi connectivity index (χ1) is 8.43. The van der Waals surface area contributed by atoms with E-state index in [2.05, 4.69) is 72.7 Å². The standard InChI is InChI=1S/C17H29NO/c1-16(2,3)13-9-12(11-18(7)8)10-14(15(13)19)17(4,5)6/h9-10,13H,11H2,1-8H3. The van der Waals surface area contributed by atoms with Crippen LogP contribution in [0.1, 0.15) is 41.5 Å². The number of ketones is 1. The van der Waals surface area contributed by atoms with Gasteiger partial charge in [0.1, 0.15) is 0 Å². The second-order valence-corrected chi connectivity index (χ2v) is 8.00. The zero-order chi connectivity index (χ0) is 15.0. The van der Waals surface area contributed by atoms with Gasteiger partial charge >= 0.3 is 0 Å². The lowest BCUT2D eigenvalue weighted by molar-refractivity contribution is -0.121. The van der Waals surface area contributed by atoms with Crippen LogP contribution < -0.4 is 0 Å². The summed E-state index contributed by atoms with van der Waals surface area (Å²) in [5.74, 6) is 0.282. The number of carbonyl (C=O) groups excluding carboxylic acids is 1. The highest BCUT2D eigenvalue weighted by atomic mass is 16.1. The molecule has 1 unspecified atom stereocenters. The van der Waals surface area contributed by atoms with Crippen molar-refractivity contribution < 1.29 is 4.79 Å². The van der Waals surface area contributed by atoms with Gasteiger partial charge in [-0.1, -0.05) is 53.7 Å². The summed E-state index contributed by atoms with van der Waals surface area (Å²) in [5.41, 5.74) is 2.10. The highest BCUT2D eigenvalue weighted by molar-refractivity contribution is 6.01. The van der Waals surface area contributed by atoms with E-state index in [-0.39, 0.29) is 16.7 Å². The largest absolute Gasteiger partial charge is 0.305 e. The maximum absolute atomic E-state index is 12.7. The molecule has 0 aromatic carbocycles. The highest BCUT2D eigenvalue weighted by Crippen LogP contribution is 2.39. The molecule has 1 aliphatic rings. The van der Waals surface area contributed by atoms with Crippen LogP contribution in [0.2, 0.25) is 0 Å². The Morgan fingerprint density at radius 2 is 1.63 bits per heavy atom. The van der Waals surface area contributed by atoms with Crippen LogP contribution in [0.25, 0.3) is 0 Å². The third-order valence-corrected chi connectivity index (χ3v) is 3.50. The number of likely N-dealkylation sites (N-methyl/N-ethyl adjacent to an activating group) is 1. The normalized spacial score (nSPS) is 21.5. The number of rotatable bonds is 2. The number of nitrogens with zero attached hydrogens (tertiary/aromatic N) is 1. The average molecular weight is 263 g/mol. The Hall–Kier alpha value is -0.890. The molecule has 1 aliphatic carbocycles. The molecule has 0 saturated carbocycles. The van der Waals surface area contributed by atoms with Gasteiger partial charge in [0.2, 0.25) is 0 Å². The van der Waals surface area contributed by atoms with Gasteiger partial charge in [-0.15, -0.1) is 0 Å². The van der Waals surface area contributed by atoms with Gasteiger partial charge in [-0.25, -0.2) is 0 Å². The minimum absolute atomic E-state index is 0.0123. The van der Waals surface area contributed by atoms with Gasteiger partial charge in [0.25, 0.3) is 0 Å². The summed E-state index contributed by atoms with van der Waals surface area (Å²) in [4.78, 5) is 14.9. The van der Waals surface area contributed by atoms with Crippen LogP contribution in [0, 0.1) is 16.7 Å². The SMILES string of the molecule is CN(C)CC1=CC(C(C)(C)C)C(=O)C(C(C)(C)C)=C1. The van der Waals surface area contributed by atoms with E-state index in [1.54, 1.807) is 0 Å². The number of hydrogen-bond acceptors (Lipinski definition) is 2. The predicted octanol–water partition coefficient (Wildman–Crippen LogP) is 3.69. The van der Waals surface area contributed by atoms with Gasteiger partial charge in [0, 0.05) is 18.0 Å². The summed E-state index contributed by atoms with van der Waals surface area (Å²) in [5, 5.41) is 0. The van der Waals surface area contributed by atoms with Crippen molar-refractivity contribution in [2.24, 2.45) is 16.7 Å². The molecule has 0 fully saturated rings. The summed E-state index contributed by atoms with van der Waals surface area (Å²) < 4.78 is 0. The van der Waals surface area contributed by atoms with E-state index >= 15 is 0 Å². The maximum Gasteiger partial charge on any atom is 0.166 e. The fraction of sp³-hybridized carbons (Fsp3) is 0.706. The summed E-state index contributed by atoms with van der Waals surface area (Å²) in [7, 11) is 4.13. The third-order valence-electron chi connectivity index (χ3n) is 3.50. The molecule has 1 atom stereocenters. The summed E-state index contributed by atoms with van der Waals surface area (Å²) in [6.07, 6.45) is 4.27. The van der Waals surface area contributed by atoms with Crippen LogP contribution in [-0.4, -0.2) is 31.3 Å². The van der Waals surface area contributed by atoms with E-state index in [0.717, 1.165) is 12.1 Å². The molecule has 0 radical (unpaired) electrons. The van der Waals surface area contributed by atoms with E-state index in [9.17, 15) is 4.79 Å². The van der Waals surface area contributed by atoms with E-state index in [1.165, 1.54) is 5.57 Å². The molecule has 0 spiro atoms. The molecule has 0 heterocycles. The average Bonchev–Trinajstić information content (AvgIpc) is 2.16. The lowest BCUT2D eigenvalue weighted by atomic mass is 9.68. The molecule has 0 aliphatic heterocycles. The van der Waals surface area contributed by atoms with Crippen LogP contribution in [0.3, 0.4) is 0 Å². The van der Waals surface area contributed by atoms with E-state index < -0.39 is 0 Å². The molecular weight excluding hydrogens is 234 g/mol. The topological polar surface area (TPSA) is 20.3 Å². The van der Waals surface area contributed by atoms with Crippen molar-refractivity contribution >= 4 is 5.78 Å². The second-order valence-electron chi connectivity index (χ2n) is 8.00. The minimum atomic E-state index is -0.0909. The molecule has 2 nitrogen and oxygen atoms in total. The summed E-state index contributed by atoms with van der Waals surface area (Å²) >= 11 is 0. The number of Topliss-reactive ketones (excluding diaryl/α,β-unsaturated/α-hetero) is 1. The zero-order valence-corrected chi connectivity index (χ0v) is 13.8. The van der Waals surface area contributed by atoms with Crippen molar-refractivity contribution in [3.8, 4) is 0 Å². The van der Waals surface area contributed by atoms with E-state index in [1.807, 2.05) is 0 Å². The smallest absolute Gasteiger partial charge is 0.166 e. The van der Waals surface area contributed by atoms with Crippen LogP contribution in [-0.2, 0) is 4.79 Å². The molecule has 0 saturated heterocycles. The molecule has 0 aromatic rings. The fourth-order valence-electron chi connectivity index (χ4n) is 2.45. The van der Waals surface area contributed by atoms with Crippen LogP contribution in [0.15, 0.2) is 23.3 Å². The molecule has 0 bridgehead atoms. The van der Waals surface area contributed by atoms with Crippen LogP contribution in [0.4, 0.5) is 0 Å². The van der Waals surface area contributed by atoms with Gasteiger partial charge in [-0.3, -0.25) is 4.79 Å². The van der Waals surface area contributed by atoms with Gasteiger partial charge in [0.15, 0.2) is 5.78 Å². The van der Waals surface area contributed by atoms with Crippen LogP contribution in [0.5, 0.6) is 0 Å². The van der Waals surface area contributed by atoms with Crippen molar-refractivity contribution in [2.45, 2.75) is 41.5 Å². The van der Waals surface area contributed by atoms with Crippen molar-refractivity contribution in [2.75, 3.05) is 20.6 Å². The first-order valence-corrected chi connectivity index (χ1v) is 7.05. The zero-order valence-electron chi connectivity index (χ0n) is 13.8. The van der Waals surface area contributed by atoms with E-state index in [0.29, 0.717) is 5.78 Å². The van der Waals surface area contributed by atoms with Gasteiger partial charge in [-0.2, -0.15) is 0 Å². The van der Waals surface area contributed by atoms with Crippen molar-refractivity contribution in [1.29, 1.82) is 0 Å². The van der Waals surface area contributed by atoms with Crippen molar-refractivity contribution in [3.63, 3.8) is 0 Å². The lowest BCUT2D eigenvalue weighted by Crippen LogP contribution is -2.35. The molecular formula is C17H29NO. The van der Waals surface area contributed by atoms with Gasteiger partial charge < -0.3 is 4.90 Å².